The van der Waals surface area contributed by atoms with Crippen molar-refractivity contribution >= 4 is 23.4 Å². The highest BCUT2D eigenvalue weighted by Crippen LogP contribution is 2.18. The number of hydrazine groups is 1. The Labute approximate surface area is 183 Å². The number of carbonyl (C=O) groups is 3. The number of hydrogen-bond acceptors (Lipinski definition) is 4. The van der Waals surface area contributed by atoms with Crippen LogP contribution in [0.4, 0.5) is 5.69 Å². The van der Waals surface area contributed by atoms with Crippen molar-refractivity contribution in [3.8, 4) is 5.75 Å². The first-order chi connectivity index (χ1) is 14.9. The van der Waals surface area contributed by atoms with Crippen LogP contribution in [0.5, 0.6) is 5.75 Å². The minimum Gasteiger partial charge on any atom is -0.493 e. The minimum absolute atomic E-state index is 0.0740. The smallest absolute Gasteiger partial charge is 0.273 e. The van der Waals surface area contributed by atoms with Gasteiger partial charge in [0.05, 0.1) is 12.2 Å². The summed E-state index contributed by atoms with van der Waals surface area (Å²) in [5.74, 6) is -0.255. The van der Waals surface area contributed by atoms with E-state index in [9.17, 15) is 14.4 Å². The van der Waals surface area contributed by atoms with Crippen LogP contribution in [-0.2, 0) is 4.79 Å². The van der Waals surface area contributed by atoms with Gasteiger partial charge in [0.15, 0.2) is 0 Å². The van der Waals surface area contributed by atoms with Gasteiger partial charge < -0.3 is 10.1 Å². The van der Waals surface area contributed by atoms with E-state index in [1.807, 2.05) is 13.8 Å². The Morgan fingerprint density at radius 1 is 0.903 bits per heavy atom. The van der Waals surface area contributed by atoms with Crippen LogP contribution in [0.15, 0.2) is 48.5 Å². The molecular formula is C24H31N3O4. The van der Waals surface area contributed by atoms with Crippen molar-refractivity contribution in [1.82, 2.24) is 10.9 Å². The zero-order valence-corrected chi connectivity index (χ0v) is 18.4. The fourth-order valence-corrected chi connectivity index (χ4v) is 2.86. The van der Waals surface area contributed by atoms with Crippen LogP contribution in [0.2, 0.25) is 0 Å². The number of amides is 3. The number of ether oxygens (including phenoxy) is 1. The standard InChI is InChI=1S/C24H31N3O4/c1-4-5-8-15-31-21-10-7-6-9-20(21)24(30)27-26-23(29)18-11-13-19(14-12-18)25-22(28)16-17(2)3/h6-7,9-14,17H,4-5,8,15-16H2,1-3H3,(H,25,28)(H,26,29)(H,27,30). The molecule has 0 aliphatic heterocycles. The predicted octanol–water partition coefficient (Wildman–Crippen LogP) is 4.32. The van der Waals surface area contributed by atoms with Gasteiger partial charge in [-0.3, -0.25) is 25.2 Å². The van der Waals surface area contributed by atoms with Crippen molar-refractivity contribution < 1.29 is 19.1 Å². The normalized spacial score (nSPS) is 10.5. The molecule has 0 heterocycles. The van der Waals surface area contributed by atoms with Crippen molar-refractivity contribution in [1.29, 1.82) is 0 Å². The van der Waals surface area contributed by atoms with E-state index in [1.54, 1.807) is 48.5 Å². The molecule has 0 radical (unpaired) electrons. The molecule has 2 rings (SSSR count). The highest BCUT2D eigenvalue weighted by atomic mass is 16.5. The van der Waals surface area contributed by atoms with Gasteiger partial charge >= 0.3 is 0 Å². The molecule has 3 N–H and O–H groups in total. The summed E-state index contributed by atoms with van der Waals surface area (Å²) in [6.07, 6.45) is 3.49. The molecule has 31 heavy (non-hydrogen) atoms. The van der Waals surface area contributed by atoms with Crippen molar-refractivity contribution in [2.45, 2.75) is 46.5 Å². The second-order valence-electron chi connectivity index (χ2n) is 7.68. The minimum atomic E-state index is -0.463. The highest BCUT2D eigenvalue weighted by Gasteiger charge is 2.14. The first-order valence-electron chi connectivity index (χ1n) is 10.6. The summed E-state index contributed by atoms with van der Waals surface area (Å²) >= 11 is 0. The quantitative estimate of drug-likeness (QED) is 0.390. The number of para-hydroxylation sites is 1. The van der Waals surface area contributed by atoms with Gasteiger partial charge in [0.1, 0.15) is 5.75 Å². The summed E-state index contributed by atoms with van der Waals surface area (Å²) in [6, 6.07) is 13.4. The number of anilines is 1. The van der Waals surface area contributed by atoms with E-state index < -0.39 is 11.8 Å². The summed E-state index contributed by atoms with van der Waals surface area (Å²) in [7, 11) is 0. The van der Waals surface area contributed by atoms with Gasteiger partial charge in [-0.15, -0.1) is 0 Å². The summed E-state index contributed by atoms with van der Waals surface area (Å²) in [5.41, 5.74) is 6.14. The lowest BCUT2D eigenvalue weighted by molar-refractivity contribution is -0.116. The van der Waals surface area contributed by atoms with Crippen molar-refractivity contribution in [2.75, 3.05) is 11.9 Å². The van der Waals surface area contributed by atoms with E-state index in [0.717, 1.165) is 19.3 Å². The van der Waals surface area contributed by atoms with Gasteiger partial charge in [-0.2, -0.15) is 0 Å². The third-order valence-electron chi connectivity index (χ3n) is 4.45. The van der Waals surface area contributed by atoms with Crippen LogP contribution >= 0.6 is 0 Å². The fraction of sp³-hybridized carbons (Fsp3) is 0.375. The van der Waals surface area contributed by atoms with Crippen molar-refractivity contribution in [2.24, 2.45) is 5.92 Å². The molecule has 0 aliphatic carbocycles. The molecule has 3 amide bonds. The average Bonchev–Trinajstić information content (AvgIpc) is 2.75. The third kappa shape index (κ3) is 8.12. The zero-order valence-electron chi connectivity index (χ0n) is 18.4. The number of unbranched alkanes of at least 4 members (excludes halogenated alkanes) is 2. The van der Waals surface area contributed by atoms with Gasteiger partial charge in [0.2, 0.25) is 5.91 Å². The van der Waals surface area contributed by atoms with Crippen LogP contribution in [0.1, 0.15) is 67.2 Å². The maximum Gasteiger partial charge on any atom is 0.273 e. The van der Waals surface area contributed by atoms with Crippen LogP contribution in [0.3, 0.4) is 0 Å². The van der Waals surface area contributed by atoms with E-state index in [-0.39, 0.29) is 11.8 Å². The summed E-state index contributed by atoms with van der Waals surface area (Å²) in [5, 5.41) is 2.79. The first kappa shape index (κ1) is 23.9. The molecule has 7 nitrogen and oxygen atoms in total. The lowest BCUT2D eigenvalue weighted by atomic mass is 10.1. The van der Waals surface area contributed by atoms with Crippen molar-refractivity contribution in [3.63, 3.8) is 0 Å². The molecule has 0 saturated carbocycles. The lowest BCUT2D eigenvalue weighted by Gasteiger charge is -2.12. The third-order valence-corrected chi connectivity index (χ3v) is 4.45. The van der Waals surface area contributed by atoms with E-state index in [4.69, 9.17) is 4.74 Å². The highest BCUT2D eigenvalue weighted by molar-refractivity contribution is 6.00. The Balaban J connectivity index is 1.89. The van der Waals surface area contributed by atoms with Gasteiger partial charge in [-0.25, -0.2) is 0 Å². The average molecular weight is 426 g/mol. The molecule has 166 valence electrons. The Bertz CT molecular complexity index is 879. The molecule has 0 atom stereocenters. The van der Waals surface area contributed by atoms with Gasteiger partial charge in [-0.05, 0) is 48.7 Å². The van der Waals surface area contributed by atoms with E-state index >= 15 is 0 Å². The molecule has 0 bridgehead atoms. The molecule has 0 fully saturated rings. The van der Waals surface area contributed by atoms with Gasteiger partial charge in [-0.1, -0.05) is 45.7 Å². The van der Waals surface area contributed by atoms with Crippen LogP contribution in [-0.4, -0.2) is 24.3 Å². The molecule has 0 spiro atoms. The van der Waals surface area contributed by atoms with Gasteiger partial charge in [0, 0.05) is 17.7 Å². The number of hydrogen-bond donors (Lipinski definition) is 3. The first-order valence-corrected chi connectivity index (χ1v) is 10.6. The van der Waals surface area contributed by atoms with Crippen molar-refractivity contribution in [3.05, 3.63) is 59.7 Å². The largest absolute Gasteiger partial charge is 0.493 e. The maximum atomic E-state index is 12.5. The number of benzene rings is 2. The Morgan fingerprint density at radius 3 is 2.26 bits per heavy atom. The van der Waals surface area contributed by atoms with Crippen LogP contribution < -0.4 is 20.9 Å². The molecule has 2 aromatic carbocycles. The SMILES string of the molecule is CCCCCOc1ccccc1C(=O)NNC(=O)c1ccc(NC(=O)CC(C)C)cc1. The van der Waals surface area contributed by atoms with Crippen LogP contribution in [0, 0.1) is 5.92 Å². The van der Waals surface area contributed by atoms with E-state index in [0.29, 0.717) is 35.6 Å². The molecule has 0 aromatic heterocycles. The Kier molecular flexibility index (Phi) is 9.55. The molecular weight excluding hydrogens is 394 g/mol. The number of rotatable bonds is 10. The van der Waals surface area contributed by atoms with E-state index in [1.165, 1.54) is 0 Å². The monoisotopic (exact) mass is 425 g/mol. The van der Waals surface area contributed by atoms with Crippen LogP contribution in [0.25, 0.3) is 0 Å². The zero-order chi connectivity index (χ0) is 22.6. The number of carbonyl (C=O) groups excluding carboxylic acids is 3. The summed E-state index contributed by atoms with van der Waals surface area (Å²) in [4.78, 5) is 36.7. The summed E-state index contributed by atoms with van der Waals surface area (Å²) in [6.45, 7) is 6.58. The second-order valence-corrected chi connectivity index (χ2v) is 7.68. The molecule has 0 aliphatic rings. The second kappa shape index (κ2) is 12.4. The molecule has 7 heteroatoms. The Morgan fingerprint density at radius 2 is 1.58 bits per heavy atom. The topological polar surface area (TPSA) is 96.5 Å². The lowest BCUT2D eigenvalue weighted by Crippen LogP contribution is -2.41. The number of nitrogens with one attached hydrogen (secondary N) is 3. The Hall–Kier alpha value is -3.35. The summed E-state index contributed by atoms with van der Waals surface area (Å²) < 4.78 is 5.71. The predicted molar refractivity (Wildman–Crippen MR) is 121 cm³/mol. The van der Waals surface area contributed by atoms with Gasteiger partial charge in [0.25, 0.3) is 11.8 Å². The maximum absolute atomic E-state index is 12.5. The molecule has 2 aromatic rings. The van der Waals surface area contributed by atoms with E-state index in [2.05, 4.69) is 23.1 Å². The molecule has 0 saturated heterocycles. The molecule has 0 unspecified atom stereocenters. The fourth-order valence-electron chi connectivity index (χ4n) is 2.86.